The molecule has 0 unspecified atom stereocenters. The molecule has 2 aromatic carbocycles. The summed E-state index contributed by atoms with van der Waals surface area (Å²) in [4.78, 5) is 10.6. The second kappa shape index (κ2) is 8.29. The summed E-state index contributed by atoms with van der Waals surface area (Å²) in [6.07, 6.45) is 0. The number of nitro groups is 1. The van der Waals surface area contributed by atoms with Crippen LogP contribution in [0.1, 0.15) is 12.5 Å². The summed E-state index contributed by atoms with van der Waals surface area (Å²) < 4.78 is 10.6. The molecule has 0 fully saturated rings. The van der Waals surface area contributed by atoms with Gasteiger partial charge in [0.1, 0.15) is 5.75 Å². The van der Waals surface area contributed by atoms with Crippen molar-refractivity contribution in [3.8, 4) is 11.5 Å². The highest BCUT2D eigenvalue weighted by Crippen LogP contribution is 2.33. The molecule has 0 aliphatic heterocycles. The highest BCUT2D eigenvalue weighted by molar-refractivity contribution is 7.80. The van der Waals surface area contributed by atoms with Gasteiger partial charge in [0, 0.05) is 17.8 Å². The van der Waals surface area contributed by atoms with Crippen molar-refractivity contribution in [2.75, 3.05) is 24.4 Å². The zero-order valence-corrected chi connectivity index (χ0v) is 15.0. The van der Waals surface area contributed by atoms with Gasteiger partial charge in [-0.1, -0.05) is 12.1 Å². The molecule has 0 spiro atoms. The maximum Gasteiger partial charge on any atom is 0.311 e. The minimum Gasteiger partial charge on any atom is -0.492 e. The number of nitrogens with one attached hydrogen (secondary N) is 2. The van der Waals surface area contributed by atoms with Crippen LogP contribution < -0.4 is 20.1 Å². The van der Waals surface area contributed by atoms with Crippen LogP contribution in [-0.4, -0.2) is 23.8 Å². The molecule has 0 aliphatic carbocycles. The van der Waals surface area contributed by atoms with Gasteiger partial charge in [0.2, 0.25) is 0 Å². The number of hydrogen-bond donors (Lipinski definition) is 2. The molecule has 2 rings (SSSR count). The Hall–Kier alpha value is -2.87. The normalized spacial score (nSPS) is 10.0. The molecule has 0 aliphatic rings. The van der Waals surface area contributed by atoms with E-state index in [-0.39, 0.29) is 11.4 Å². The van der Waals surface area contributed by atoms with Gasteiger partial charge in [-0.2, -0.15) is 0 Å². The first-order valence-electron chi connectivity index (χ1n) is 7.59. The van der Waals surface area contributed by atoms with Gasteiger partial charge in [-0.25, -0.2) is 0 Å². The summed E-state index contributed by atoms with van der Waals surface area (Å²) in [5, 5.41) is 17.5. The molecule has 25 heavy (non-hydrogen) atoms. The Kier molecular flexibility index (Phi) is 6.13. The Balaban J connectivity index is 2.20. The van der Waals surface area contributed by atoms with E-state index < -0.39 is 4.92 Å². The molecule has 0 radical (unpaired) electrons. The number of ether oxygens (including phenoxy) is 2. The summed E-state index contributed by atoms with van der Waals surface area (Å²) in [6.45, 7) is 4.20. The van der Waals surface area contributed by atoms with E-state index in [0.717, 1.165) is 5.69 Å². The number of methoxy groups -OCH3 is 1. The number of anilines is 2. The van der Waals surface area contributed by atoms with E-state index in [9.17, 15) is 10.1 Å². The first-order valence-corrected chi connectivity index (χ1v) is 8.00. The number of nitrogens with zero attached hydrogens (tertiary/aromatic N) is 1. The highest BCUT2D eigenvalue weighted by Gasteiger charge is 2.18. The van der Waals surface area contributed by atoms with E-state index in [2.05, 4.69) is 10.6 Å². The number of aryl methyl sites for hydroxylation is 1. The second-order valence-electron chi connectivity index (χ2n) is 5.10. The first-order chi connectivity index (χ1) is 12.0. The number of hydrogen-bond acceptors (Lipinski definition) is 5. The number of para-hydroxylation sites is 2. The van der Waals surface area contributed by atoms with E-state index in [0.29, 0.717) is 28.7 Å². The molecule has 0 aromatic heterocycles. The zero-order chi connectivity index (χ0) is 18.4. The molecule has 7 nitrogen and oxygen atoms in total. The monoisotopic (exact) mass is 361 g/mol. The Morgan fingerprint density at radius 3 is 2.52 bits per heavy atom. The van der Waals surface area contributed by atoms with Crippen LogP contribution in [0.5, 0.6) is 11.5 Å². The Morgan fingerprint density at radius 1 is 1.20 bits per heavy atom. The lowest BCUT2D eigenvalue weighted by Crippen LogP contribution is -2.20. The van der Waals surface area contributed by atoms with E-state index >= 15 is 0 Å². The van der Waals surface area contributed by atoms with E-state index in [4.69, 9.17) is 21.7 Å². The van der Waals surface area contributed by atoms with Crippen LogP contribution in [0.25, 0.3) is 0 Å². The Bertz CT molecular complexity index is 795. The largest absolute Gasteiger partial charge is 0.492 e. The fraction of sp³-hybridized carbons (Fsp3) is 0.235. The summed E-state index contributed by atoms with van der Waals surface area (Å²) >= 11 is 5.33. The molecule has 0 atom stereocenters. The highest BCUT2D eigenvalue weighted by atomic mass is 32.1. The van der Waals surface area contributed by atoms with Crippen molar-refractivity contribution in [3.05, 3.63) is 52.1 Å². The smallest absolute Gasteiger partial charge is 0.311 e. The third kappa shape index (κ3) is 4.57. The van der Waals surface area contributed by atoms with Crippen molar-refractivity contribution in [2.45, 2.75) is 13.8 Å². The third-order valence-electron chi connectivity index (χ3n) is 3.41. The second-order valence-corrected chi connectivity index (χ2v) is 5.51. The van der Waals surface area contributed by atoms with Crippen molar-refractivity contribution in [3.63, 3.8) is 0 Å². The number of nitro benzene ring substituents is 1. The molecule has 0 amide bonds. The maximum atomic E-state index is 11.1. The van der Waals surface area contributed by atoms with Gasteiger partial charge in [-0.15, -0.1) is 0 Å². The predicted octanol–water partition coefficient (Wildman–Crippen LogP) is 4.12. The van der Waals surface area contributed by atoms with Crippen molar-refractivity contribution in [1.82, 2.24) is 0 Å². The standard InChI is InChI=1S/C17H19N3O4S/c1-4-24-15-8-6-5-7-12(15)18-17(25)19-13-10-16(23-3)14(20(21)22)9-11(13)2/h5-10H,4H2,1-3H3,(H2,18,19,25). The van der Waals surface area contributed by atoms with Crippen molar-refractivity contribution >= 4 is 34.4 Å². The van der Waals surface area contributed by atoms with Gasteiger partial charge in [0.25, 0.3) is 0 Å². The van der Waals surface area contributed by atoms with Crippen LogP contribution in [0.2, 0.25) is 0 Å². The van der Waals surface area contributed by atoms with Gasteiger partial charge >= 0.3 is 5.69 Å². The fourth-order valence-corrected chi connectivity index (χ4v) is 2.46. The Morgan fingerprint density at radius 2 is 1.88 bits per heavy atom. The van der Waals surface area contributed by atoms with Crippen molar-refractivity contribution < 1.29 is 14.4 Å². The van der Waals surface area contributed by atoms with E-state index in [1.54, 1.807) is 13.0 Å². The molecule has 0 heterocycles. The average molecular weight is 361 g/mol. The number of rotatable bonds is 6. The molecule has 8 heteroatoms. The quantitative estimate of drug-likeness (QED) is 0.455. The van der Waals surface area contributed by atoms with Crippen LogP contribution in [0.3, 0.4) is 0 Å². The number of thiocarbonyl (C=S) groups is 1. The minimum absolute atomic E-state index is 0.0916. The van der Waals surface area contributed by atoms with E-state index in [1.165, 1.54) is 13.2 Å². The molecule has 2 N–H and O–H groups in total. The van der Waals surface area contributed by atoms with Gasteiger partial charge in [0.15, 0.2) is 10.9 Å². The van der Waals surface area contributed by atoms with E-state index in [1.807, 2.05) is 31.2 Å². The maximum absolute atomic E-state index is 11.1. The molecule has 0 saturated heterocycles. The minimum atomic E-state index is -0.482. The molecular formula is C17H19N3O4S. The predicted molar refractivity (Wildman–Crippen MR) is 102 cm³/mol. The van der Waals surface area contributed by atoms with Gasteiger partial charge in [0.05, 0.1) is 24.3 Å². The Labute approximate surface area is 151 Å². The van der Waals surface area contributed by atoms with Crippen LogP contribution in [0, 0.1) is 17.0 Å². The topological polar surface area (TPSA) is 85.7 Å². The summed E-state index contributed by atoms with van der Waals surface area (Å²) in [5.74, 6) is 0.850. The van der Waals surface area contributed by atoms with Gasteiger partial charge in [-0.05, 0) is 43.8 Å². The molecule has 132 valence electrons. The van der Waals surface area contributed by atoms with Crippen LogP contribution >= 0.6 is 12.2 Å². The SMILES string of the molecule is CCOc1ccccc1NC(=S)Nc1cc(OC)c([N+](=O)[O-])cc1C. The lowest BCUT2D eigenvalue weighted by atomic mass is 10.1. The summed E-state index contributed by atoms with van der Waals surface area (Å²) in [7, 11) is 1.39. The van der Waals surface area contributed by atoms with Gasteiger partial charge in [-0.3, -0.25) is 10.1 Å². The first kappa shape index (κ1) is 18.5. The number of benzene rings is 2. The molecular weight excluding hydrogens is 342 g/mol. The van der Waals surface area contributed by atoms with Crippen molar-refractivity contribution in [2.24, 2.45) is 0 Å². The van der Waals surface area contributed by atoms with Crippen molar-refractivity contribution in [1.29, 1.82) is 0 Å². The van der Waals surface area contributed by atoms with Crippen LogP contribution in [0.4, 0.5) is 17.1 Å². The molecule has 0 bridgehead atoms. The van der Waals surface area contributed by atoms with Crippen LogP contribution in [-0.2, 0) is 0 Å². The zero-order valence-electron chi connectivity index (χ0n) is 14.2. The molecule has 0 saturated carbocycles. The fourth-order valence-electron chi connectivity index (χ4n) is 2.24. The van der Waals surface area contributed by atoms with Gasteiger partial charge < -0.3 is 20.1 Å². The molecule has 2 aromatic rings. The van der Waals surface area contributed by atoms with Crippen LogP contribution in [0.15, 0.2) is 36.4 Å². The third-order valence-corrected chi connectivity index (χ3v) is 3.61. The lowest BCUT2D eigenvalue weighted by Gasteiger charge is -2.16. The lowest BCUT2D eigenvalue weighted by molar-refractivity contribution is -0.385. The summed E-state index contributed by atoms with van der Waals surface area (Å²) in [6, 6.07) is 10.4. The average Bonchev–Trinajstić information content (AvgIpc) is 2.58. The summed E-state index contributed by atoms with van der Waals surface area (Å²) in [5.41, 5.74) is 1.93.